The lowest BCUT2D eigenvalue weighted by atomic mass is 9.96. The molecule has 1 aliphatic carbocycles. The quantitative estimate of drug-likeness (QED) is 0.862. The van der Waals surface area contributed by atoms with Crippen LogP contribution in [0.3, 0.4) is 0 Å². The van der Waals surface area contributed by atoms with E-state index in [1.165, 1.54) is 35.5 Å². The molecular weight excluding hydrogens is 296 g/mol. The van der Waals surface area contributed by atoms with E-state index in [2.05, 4.69) is 19.8 Å². The molecule has 0 bridgehead atoms. The van der Waals surface area contributed by atoms with Gasteiger partial charge >= 0.3 is 0 Å². The number of hydrogen-bond acceptors (Lipinski definition) is 5. The number of nitrogens with zero attached hydrogens (tertiary/aromatic N) is 4. The lowest BCUT2D eigenvalue weighted by Gasteiger charge is -2.39. The maximum absolute atomic E-state index is 12.2. The second-order valence-electron chi connectivity index (χ2n) is 6.44. The summed E-state index contributed by atoms with van der Waals surface area (Å²) < 4.78 is 5.83. The van der Waals surface area contributed by atoms with E-state index >= 15 is 0 Å². The minimum Gasteiger partial charge on any atom is -0.298 e. The van der Waals surface area contributed by atoms with Crippen molar-refractivity contribution < 1.29 is 0 Å². The van der Waals surface area contributed by atoms with Crippen LogP contribution >= 0.6 is 11.5 Å². The molecule has 0 N–H and O–H groups in total. The molecule has 6 heteroatoms. The Labute approximate surface area is 133 Å². The Bertz CT molecular complexity index is 703. The van der Waals surface area contributed by atoms with Crippen molar-refractivity contribution in [2.45, 2.75) is 38.8 Å². The van der Waals surface area contributed by atoms with Crippen LogP contribution in [0.4, 0.5) is 0 Å². The van der Waals surface area contributed by atoms with Crippen molar-refractivity contribution >= 4 is 11.5 Å². The summed E-state index contributed by atoms with van der Waals surface area (Å²) in [4.78, 5) is 14.6. The van der Waals surface area contributed by atoms with E-state index in [4.69, 9.17) is 0 Å². The van der Waals surface area contributed by atoms with E-state index in [9.17, 15) is 4.79 Å². The minimum absolute atomic E-state index is 0.0705. The van der Waals surface area contributed by atoms with Gasteiger partial charge in [0, 0.05) is 43.2 Å². The van der Waals surface area contributed by atoms with Gasteiger partial charge in [0.15, 0.2) is 0 Å². The Balaban J connectivity index is 1.37. The molecule has 0 atom stereocenters. The molecule has 0 aromatic carbocycles. The van der Waals surface area contributed by atoms with Gasteiger partial charge in [-0.25, -0.2) is 9.06 Å². The van der Waals surface area contributed by atoms with Crippen LogP contribution in [0.5, 0.6) is 0 Å². The largest absolute Gasteiger partial charge is 0.298 e. The normalized spacial score (nSPS) is 18.9. The number of rotatable bonds is 4. The molecule has 0 unspecified atom stereocenters. The lowest BCUT2D eigenvalue weighted by molar-refractivity contribution is 0.0765. The van der Waals surface area contributed by atoms with Gasteiger partial charge in [-0.15, -0.1) is 0 Å². The SMILES string of the molecule is O=c1cc2c(nn1CC1CN(Cc3cnsc3)C1)CCCC2. The highest BCUT2D eigenvalue weighted by atomic mass is 32.1. The number of aromatic nitrogens is 3. The van der Waals surface area contributed by atoms with Crippen LogP contribution in [0.1, 0.15) is 29.7 Å². The zero-order valence-electron chi connectivity index (χ0n) is 12.6. The topological polar surface area (TPSA) is 51.0 Å². The highest BCUT2D eigenvalue weighted by Gasteiger charge is 2.28. The van der Waals surface area contributed by atoms with E-state index in [1.807, 2.05) is 12.3 Å². The fraction of sp³-hybridized carbons (Fsp3) is 0.562. The first-order chi connectivity index (χ1) is 10.8. The molecule has 22 heavy (non-hydrogen) atoms. The highest BCUT2D eigenvalue weighted by Crippen LogP contribution is 2.21. The predicted octanol–water partition coefficient (Wildman–Crippen LogP) is 1.71. The van der Waals surface area contributed by atoms with Gasteiger partial charge in [0.2, 0.25) is 0 Å². The number of aryl methyl sites for hydroxylation is 2. The van der Waals surface area contributed by atoms with Crippen LogP contribution in [-0.4, -0.2) is 32.1 Å². The molecule has 0 saturated carbocycles. The monoisotopic (exact) mass is 316 g/mol. The fourth-order valence-corrected chi connectivity index (χ4v) is 3.99. The number of likely N-dealkylation sites (tertiary alicyclic amines) is 1. The van der Waals surface area contributed by atoms with Crippen molar-refractivity contribution in [3.8, 4) is 0 Å². The van der Waals surface area contributed by atoms with Crippen molar-refractivity contribution in [2.75, 3.05) is 13.1 Å². The van der Waals surface area contributed by atoms with Crippen molar-refractivity contribution in [3.63, 3.8) is 0 Å². The Kier molecular flexibility index (Phi) is 3.80. The molecule has 116 valence electrons. The van der Waals surface area contributed by atoms with E-state index in [0.717, 1.165) is 44.7 Å². The molecular formula is C16H20N4OS. The summed E-state index contributed by atoms with van der Waals surface area (Å²) in [5.74, 6) is 0.540. The van der Waals surface area contributed by atoms with Crippen LogP contribution in [0, 0.1) is 5.92 Å². The zero-order chi connectivity index (χ0) is 14.9. The summed E-state index contributed by atoms with van der Waals surface area (Å²) >= 11 is 1.50. The summed E-state index contributed by atoms with van der Waals surface area (Å²) in [5.41, 5.74) is 3.67. The summed E-state index contributed by atoms with van der Waals surface area (Å²) in [5, 5.41) is 6.71. The van der Waals surface area contributed by atoms with E-state index in [1.54, 1.807) is 4.68 Å². The Hall–Kier alpha value is -1.53. The molecule has 1 saturated heterocycles. The average molecular weight is 316 g/mol. The molecule has 1 aliphatic heterocycles. The summed E-state index contributed by atoms with van der Waals surface area (Å²) in [7, 11) is 0. The van der Waals surface area contributed by atoms with Crippen LogP contribution in [0.2, 0.25) is 0 Å². The van der Waals surface area contributed by atoms with E-state index < -0.39 is 0 Å². The van der Waals surface area contributed by atoms with Crippen molar-refractivity contribution in [1.29, 1.82) is 0 Å². The van der Waals surface area contributed by atoms with Gasteiger partial charge in [-0.3, -0.25) is 9.69 Å². The van der Waals surface area contributed by atoms with Gasteiger partial charge in [-0.2, -0.15) is 5.10 Å². The summed E-state index contributed by atoms with van der Waals surface area (Å²) in [6.45, 7) is 3.81. The van der Waals surface area contributed by atoms with Crippen LogP contribution in [0.15, 0.2) is 22.4 Å². The summed E-state index contributed by atoms with van der Waals surface area (Å²) in [6, 6.07) is 1.81. The maximum atomic E-state index is 12.2. The zero-order valence-corrected chi connectivity index (χ0v) is 13.4. The Morgan fingerprint density at radius 2 is 2.14 bits per heavy atom. The second-order valence-corrected chi connectivity index (χ2v) is 7.09. The molecule has 2 aliphatic rings. The van der Waals surface area contributed by atoms with E-state index in [-0.39, 0.29) is 5.56 Å². The third-order valence-corrected chi connectivity index (χ3v) is 5.26. The Morgan fingerprint density at radius 1 is 1.27 bits per heavy atom. The molecule has 1 fully saturated rings. The fourth-order valence-electron chi connectivity index (χ4n) is 3.46. The predicted molar refractivity (Wildman–Crippen MR) is 86.0 cm³/mol. The van der Waals surface area contributed by atoms with Crippen molar-refractivity contribution in [1.82, 2.24) is 19.1 Å². The van der Waals surface area contributed by atoms with Gasteiger partial charge in [0.05, 0.1) is 12.2 Å². The maximum Gasteiger partial charge on any atom is 0.267 e. The number of hydrogen-bond donors (Lipinski definition) is 0. The molecule has 2 aromatic heterocycles. The third kappa shape index (κ3) is 2.85. The van der Waals surface area contributed by atoms with Crippen molar-refractivity contribution in [3.05, 3.63) is 44.8 Å². The second kappa shape index (κ2) is 5.93. The smallest absolute Gasteiger partial charge is 0.267 e. The molecule has 4 rings (SSSR count). The molecule has 0 radical (unpaired) electrons. The highest BCUT2D eigenvalue weighted by molar-refractivity contribution is 7.03. The average Bonchev–Trinajstić information content (AvgIpc) is 2.98. The third-order valence-electron chi connectivity index (χ3n) is 4.63. The lowest BCUT2D eigenvalue weighted by Crippen LogP contribution is -2.49. The van der Waals surface area contributed by atoms with E-state index in [0.29, 0.717) is 5.92 Å². The molecule has 0 spiro atoms. The number of fused-ring (bicyclic) bond motifs is 1. The first-order valence-electron chi connectivity index (χ1n) is 7.98. The standard InChI is InChI=1S/C16H20N4OS/c21-16-5-14-3-1-2-4-15(14)18-20(16)10-13-8-19(9-13)7-12-6-17-22-11-12/h5-6,11,13H,1-4,7-10H2. The first-order valence-corrected chi connectivity index (χ1v) is 8.82. The molecule has 5 nitrogen and oxygen atoms in total. The van der Waals surface area contributed by atoms with Gasteiger partial charge in [-0.05, 0) is 48.3 Å². The molecule has 2 aromatic rings. The van der Waals surface area contributed by atoms with Crippen LogP contribution in [-0.2, 0) is 25.9 Å². The first kappa shape index (κ1) is 14.1. The molecule has 3 heterocycles. The van der Waals surface area contributed by atoms with Crippen molar-refractivity contribution in [2.24, 2.45) is 5.92 Å². The van der Waals surface area contributed by atoms with Crippen LogP contribution < -0.4 is 5.56 Å². The van der Waals surface area contributed by atoms with Gasteiger partial charge in [-0.1, -0.05) is 0 Å². The van der Waals surface area contributed by atoms with Crippen LogP contribution in [0.25, 0.3) is 0 Å². The van der Waals surface area contributed by atoms with Gasteiger partial charge in [0.1, 0.15) is 0 Å². The summed E-state index contributed by atoms with van der Waals surface area (Å²) in [6.07, 6.45) is 6.37. The van der Waals surface area contributed by atoms with Gasteiger partial charge in [0.25, 0.3) is 5.56 Å². The van der Waals surface area contributed by atoms with Gasteiger partial charge < -0.3 is 0 Å². The molecule has 0 amide bonds. The minimum atomic E-state index is 0.0705. The Morgan fingerprint density at radius 3 is 2.95 bits per heavy atom.